The van der Waals surface area contributed by atoms with E-state index in [0.717, 1.165) is 17.9 Å². The summed E-state index contributed by atoms with van der Waals surface area (Å²) in [5.74, 6) is -0.129. The van der Waals surface area contributed by atoms with Crippen molar-refractivity contribution in [1.82, 2.24) is 0 Å². The lowest BCUT2D eigenvalue weighted by molar-refractivity contribution is 0.499. The largest absolute Gasteiger partial charge is 0.381 e. The second kappa shape index (κ2) is 3.37. The van der Waals surface area contributed by atoms with Gasteiger partial charge in [-0.1, -0.05) is 12.8 Å². The summed E-state index contributed by atoms with van der Waals surface area (Å²) in [7, 11) is 0. The quantitative estimate of drug-likeness (QED) is 0.701. The molecule has 0 radical (unpaired) electrons. The molecule has 86 valence electrons. The van der Waals surface area contributed by atoms with Crippen molar-refractivity contribution in [3.63, 3.8) is 0 Å². The fourth-order valence-electron chi connectivity index (χ4n) is 2.88. The van der Waals surface area contributed by atoms with Gasteiger partial charge in [0.1, 0.15) is 5.82 Å². The van der Waals surface area contributed by atoms with Gasteiger partial charge in [-0.05, 0) is 37.5 Å². The van der Waals surface area contributed by atoms with Gasteiger partial charge in [0.2, 0.25) is 0 Å². The van der Waals surface area contributed by atoms with E-state index in [1.54, 1.807) is 6.07 Å². The molecule has 16 heavy (non-hydrogen) atoms. The van der Waals surface area contributed by atoms with Crippen molar-refractivity contribution < 1.29 is 4.39 Å². The Labute approximate surface area is 95.2 Å². The topological polar surface area (TPSA) is 24.1 Å². The van der Waals surface area contributed by atoms with E-state index in [2.05, 4.69) is 10.6 Å². The van der Waals surface area contributed by atoms with Crippen molar-refractivity contribution in [2.24, 2.45) is 0 Å². The summed E-state index contributed by atoms with van der Waals surface area (Å²) in [6, 6.07) is 3.51. The maximum atomic E-state index is 13.4. The van der Waals surface area contributed by atoms with Crippen LogP contribution >= 0.6 is 0 Å². The third-order valence-corrected chi connectivity index (χ3v) is 3.88. The highest BCUT2D eigenvalue weighted by molar-refractivity contribution is 5.73. The fraction of sp³-hybridized carbons (Fsp3) is 0.538. The zero-order valence-corrected chi connectivity index (χ0v) is 9.57. The van der Waals surface area contributed by atoms with Gasteiger partial charge in [0.05, 0.1) is 16.9 Å². The number of hydrogen-bond donors (Lipinski definition) is 2. The maximum absolute atomic E-state index is 13.4. The first-order chi connectivity index (χ1) is 7.69. The highest BCUT2D eigenvalue weighted by Gasteiger charge is 2.36. The van der Waals surface area contributed by atoms with Gasteiger partial charge in [-0.3, -0.25) is 0 Å². The average molecular weight is 220 g/mol. The first kappa shape index (κ1) is 9.94. The summed E-state index contributed by atoms with van der Waals surface area (Å²) in [6.07, 6.45) is 5.03. The number of halogens is 1. The SMILES string of the molecule is Cc1cc2c(cc1F)NCC1(CCCC1)N2. The molecule has 1 spiro atoms. The predicted octanol–water partition coefficient (Wildman–Crippen LogP) is 3.28. The number of rotatable bonds is 0. The van der Waals surface area contributed by atoms with E-state index >= 15 is 0 Å². The average Bonchev–Trinajstić information content (AvgIpc) is 2.69. The molecule has 1 aromatic rings. The van der Waals surface area contributed by atoms with Crippen LogP contribution in [0.25, 0.3) is 0 Å². The van der Waals surface area contributed by atoms with Crippen LogP contribution in [0.4, 0.5) is 15.8 Å². The number of nitrogens with one attached hydrogen (secondary N) is 2. The van der Waals surface area contributed by atoms with Crippen LogP contribution in [0.15, 0.2) is 12.1 Å². The normalized spacial score (nSPS) is 21.4. The van der Waals surface area contributed by atoms with E-state index < -0.39 is 0 Å². The first-order valence-corrected chi connectivity index (χ1v) is 6.01. The Hall–Kier alpha value is -1.25. The molecule has 1 aliphatic heterocycles. The molecule has 3 heteroatoms. The first-order valence-electron chi connectivity index (χ1n) is 6.01. The van der Waals surface area contributed by atoms with Gasteiger partial charge in [0.25, 0.3) is 0 Å². The third kappa shape index (κ3) is 1.46. The van der Waals surface area contributed by atoms with Crippen molar-refractivity contribution >= 4 is 11.4 Å². The van der Waals surface area contributed by atoms with Gasteiger partial charge in [0, 0.05) is 6.54 Å². The van der Waals surface area contributed by atoms with Crippen molar-refractivity contribution in [1.29, 1.82) is 0 Å². The smallest absolute Gasteiger partial charge is 0.128 e. The Balaban J connectivity index is 1.96. The zero-order chi connectivity index (χ0) is 11.2. The Morgan fingerprint density at radius 1 is 1.19 bits per heavy atom. The van der Waals surface area contributed by atoms with Crippen molar-refractivity contribution in [3.05, 3.63) is 23.5 Å². The molecule has 1 aliphatic carbocycles. The molecule has 0 saturated heterocycles. The molecule has 1 aromatic carbocycles. The molecule has 2 aliphatic rings. The van der Waals surface area contributed by atoms with E-state index in [0.29, 0.717) is 5.56 Å². The van der Waals surface area contributed by atoms with Gasteiger partial charge in [0.15, 0.2) is 0 Å². The predicted molar refractivity (Wildman–Crippen MR) is 64.4 cm³/mol. The van der Waals surface area contributed by atoms with E-state index in [4.69, 9.17) is 0 Å². The van der Waals surface area contributed by atoms with E-state index in [1.165, 1.54) is 25.7 Å². The van der Waals surface area contributed by atoms with Gasteiger partial charge in [-0.2, -0.15) is 0 Å². The number of aryl methyl sites for hydroxylation is 1. The van der Waals surface area contributed by atoms with Gasteiger partial charge < -0.3 is 10.6 Å². The maximum Gasteiger partial charge on any atom is 0.128 e. The van der Waals surface area contributed by atoms with Crippen LogP contribution in [-0.4, -0.2) is 12.1 Å². The Morgan fingerprint density at radius 3 is 2.69 bits per heavy atom. The number of hydrogen-bond acceptors (Lipinski definition) is 2. The van der Waals surface area contributed by atoms with Crippen molar-refractivity contribution in [2.75, 3.05) is 17.2 Å². The lowest BCUT2D eigenvalue weighted by Crippen LogP contribution is -2.45. The second-order valence-electron chi connectivity index (χ2n) is 5.11. The zero-order valence-electron chi connectivity index (χ0n) is 9.57. The van der Waals surface area contributed by atoms with Crippen LogP contribution in [0, 0.1) is 12.7 Å². The minimum Gasteiger partial charge on any atom is -0.381 e. The summed E-state index contributed by atoms with van der Waals surface area (Å²) in [4.78, 5) is 0. The molecule has 0 aromatic heterocycles. The summed E-state index contributed by atoms with van der Waals surface area (Å²) >= 11 is 0. The number of benzene rings is 1. The third-order valence-electron chi connectivity index (χ3n) is 3.88. The van der Waals surface area contributed by atoms with Crippen LogP contribution in [0.2, 0.25) is 0 Å². The van der Waals surface area contributed by atoms with Crippen LogP contribution in [0.5, 0.6) is 0 Å². The molecule has 1 saturated carbocycles. The summed E-state index contributed by atoms with van der Waals surface area (Å²) in [5, 5.41) is 6.97. The molecule has 0 unspecified atom stereocenters. The van der Waals surface area contributed by atoms with E-state index in [9.17, 15) is 4.39 Å². The van der Waals surface area contributed by atoms with E-state index in [1.807, 2.05) is 13.0 Å². The molecule has 0 amide bonds. The molecule has 1 heterocycles. The monoisotopic (exact) mass is 220 g/mol. The van der Waals surface area contributed by atoms with Crippen LogP contribution in [-0.2, 0) is 0 Å². The molecular formula is C13H17FN2. The molecule has 0 bridgehead atoms. The Kier molecular flexibility index (Phi) is 2.09. The van der Waals surface area contributed by atoms with Crippen LogP contribution in [0.1, 0.15) is 31.2 Å². The van der Waals surface area contributed by atoms with Gasteiger partial charge >= 0.3 is 0 Å². The van der Waals surface area contributed by atoms with Crippen LogP contribution < -0.4 is 10.6 Å². The standard InChI is InChI=1S/C13H17FN2/c1-9-6-12-11(7-10(9)14)15-8-13(16-12)4-2-3-5-13/h6-7,15-16H,2-5,8H2,1H3. The molecule has 2 nitrogen and oxygen atoms in total. The highest BCUT2D eigenvalue weighted by Crippen LogP contribution is 2.39. The van der Waals surface area contributed by atoms with Crippen molar-refractivity contribution in [3.8, 4) is 0 Å². The van der Waals surface area contributed by atoms with E-state index in [-0.39, 0.29) is 11.4 Å². The lowest BCUT2D eigenvalue weighted by atomic mass is 9.94. The van der Waals surface area contributed by atoms with Crippen molar-refractivity contribution in [2.45, 2.75) is 38.1 Å². The molecule has 3 rings (SSSR count). The number of anilines is 2. The van der Waals surface area contributed by atoms with Gasteiger partial charge in [-0.15, -0.1) is 0 Å². The lowest BCUT2D eigenvalue weighted by Gasteiger charge is -2.38. The molecule has 0 atom stereocenters. The summed E-state index contributed by atoms with van der Waals surface area (Å²) in [6.45, 7) is 2.73. The van der Waals surface area contributed by atoms with Gasteiger partial charge in [-0.25, -0.2) is 4.39 Å². The molecular weight excluding hydrogens is 203 g/mol. The Morgan fingerprint density at radius 2 is 1.94 bits per heavy atom. The highest BCUT2D eigenvalue weighted by atomic mass is 19.1. The molecule has 1 fully saturated rings. The molecule has 2 N–H and O–H groups in total. The Bertz CT molecular complexity index is 422. The second-order valence-corrected chi connectivity index (χ2v) is 5.11. The summed E-state index contributed by atoms with van der Waals surface area (Å²) < 4.78 is 13.4. The fourth-order valence-corrected chi connectivity index (χ4v) is 2.88. The minimum absolute atomic E-state index is 0.129. The van der Waals surface area contributed by atoms with Crippen LogP contribution in [0.3, 0.4) is 0 Å². The number of fused-ring (bicyclic) bond motifs is 1. The minimum atomic E-state index is -0.129. The summed E-state index contributed by atoms with van der Waals surface area (Å²) in [5.41, 5.74) is 2.90.